The molecular formula is C75H116O6. The molecule has 1 unspecified atom stereocenters. The van der Waals surface area contributed by atoms with Crippen LogP contribution in [-0.2, 0) is 28.6 Å². The van der Waals surface area contributed by atoms with Crippen molar-refractivity contribution in [2.24, 2.45) is 0 Å². The Morgan fingerprint density at radius 2 is 0.506 bits per heavy atom. The number of rotatable bonds is 56. The maximum Gasteiger partial charge on any atom is 0.306 e. The Labute approximate surface area is 497 Å². The van der Waals surface area contributed by atoms with Crippen LogP contribution in [0.5, 0.6) is 0 Å². The van der Waals surface area contributed by atoms with Crippen molar-refractivity contribution in [2.75, 3.05) is 13.2 Å². The Morgan fingerprint density at radius 1 is 0.259 bits per heavy atom. The summed E-state index contributed by atoms with van der Waals surface area (Å²) in [6, 6.07) is 0. The van der Waals surface area contributed by atoms with Crippen molar-refractivity contribution >= 4 is 17.9 Å². The smallest absolute Gasteiger partial charge is 0.306 e. The quantitative estimate of drug-likeness (QED) is 0.0261. The van der Waals surface area contributed by atoms with E-state index in [0.717, 1.165) is 148 Å². The molecule has 0 aliphatic heterocycles. The second-order valence-corrected chi connectivity index (χ2v) is 20.5. The molecule has 6 heteroatoms. The fourth-order valence-corrected chi connectivity index (χ4v) is 8.11. The summed E-state index contributed by atoms with van der Waals surface area (Å²) in [4.78, 5) is 38.2. The molecule has 0 aromatic rings. The normalized spacial score (nSPS) is 13.4. The van der Waals surface area contributed by atoms with Crippen LogP contribution in [0.1, 0.15) is 252 Å². The van der Waals surface area contributed by atoms with E-state index in [1.807, 2.05) is 12.2 Å². The first-order valence-corrected chi connectivity index (χ1v) is 32.3. The summed E-state index contributed by atoms with van der Waals surface area (Å²) < 4.78 is 16.8. The lowest BCUT2D eigenvalue weighted by Gasteiger charge is -2.18. The van der Waals surface area contributed by atoms with Gasteiger partial charge in [-0.3, -0.25) is 14.4 Å². The topological polar surface area (TPSA) is 78.9 Å². The minimum Gasteiger partial charge on any atom is -0.462 e. The zero-order valence-electron chi connectivity index (χ0n) is 51.7. The summed E-state index contributed by atoms with van der Waals surface area (Å²) in [6.07, 6.45) is 101. The summed E-state index contributed by atoms with van der Waals surface area (Å²) in [5.41, 5.74) is 0. The summed E-state index contributed by atoms with van der Waals surface area (Å²) in [5.74, 6) is -1.03. The first-order chi connectivity index (χ1) is 40.0. The van der Waals surface area contributed by atoms with E-state index in [1.54, 1.807) is 0 Å². The molecule has 0 fully saturated rings. The Balaban J connectivity index is 4.37. The van der Waals surface area contributed by atoms with Crippen LogP contribution in [0.3, 0.4) is 0 Å². The van der Waals surface area contributed by atoms with Gasteiger partial charge in [0.25, 0.3) is 0 Å². The summed E-state index contributed by atoms with van der Waals surface area (Å²) in [5, 5.41) is 0. The third-order valence-corrected chi connectivity index (χ3v) is 12.9. The van der Waals surface area contributed by atoms with Gasteiger partial charge < -0.3 is 14.2 Å². The summed E-state index contributed by atoms with van der Waals surface area (Å²) >= 11 is 0. The molecular weight excluding hydrogens is 997 g/mol. The molecule has 0 amide bonds. The lowest BCUT2D eigenvalue weighted by atomic mass is 10.1. The minimum absolute atomic E-state index is 0.123. The van der Waals surface area contributed by atoms with Crippen LogP contribution in [0.15, 0.2) is 182 Å². The van der Waals surface area contributed by atoms with E-state index >= 15 is 0 Å². The van der Waals surface area contributed by atoms with Crippen molar-refractivity contribution in [3.8, 4) is 0 Å². The highest BCUT2D eigenvalue weighted by molar-refractivity contribution is 5.71. The van der Waals surface area contributed by atoms with Gasteiger partial charge in [-0.2, -0.15) is 0 Å². The van der Waals surface area contributed by atoms with Crippen molar-refractivity contribution in [3.63, 3.8) is 0 Å². The highest BCUT2D eigenvalue weighted by Gasteiger charge is 2.19. The maximum atomic E-state index is 12.8. The van der Waals surface area contributed by atoms with Crippen LogP contribution >= 0.6 is 0 Å². The van der Waals surface area contributed by atoms with Gasteiger partial charge in [-0.15, -0.1) is 0 Å². The SMILES string of the molecule is CC/C=C\C/C=C\C/C=C\C/C=C\C/C=C\C/C=C\C/C=C\C/C=C\CCCCCCCCCCC(=O)OCC(COC(=O)CCCCCCC/C=C\CCCC)OC(=O)CC/C=C\C/C=C\C/C=C\C/C=C\C/C=C\C/C=C\CC. The van der Waals surface area contributed by atoms with Crippen LogP contribution in [-0.4, -0.2) is 37.2 Å². The minimum atomic E-state index is -0.835. The number of carbonyl (C=O) groups excluding carboxylic acids is 3. The molecule has 81 heavy (non-hydrogen) atoms. The van der Waals surface area contributed by atoms with Gasteiger partial charge in [0.1, 0.15) is 13.2 Å². The molecule has 0 heterocycles. The number of hydrogen-bond acceptors (Lipinski definition) is 6. The Morgan fingerprint density at radius 3 is 0.815 bits per heavy atom. The van der Waals surface area contributed by atoms with Gasteiger partial charge in [0, 0.05) is 19.3 Å². The predicted molar refractivity (Wildman–Crippen MR) is 352 cm³/mol. The third-order valence-electron chi connectivity index (χ3n) is 12.9. The fraction of sp³-hybridized carbons (Fsp3) is 0.560. The Kier molecular flexibility index (Phi) is 62.5. The molecule has 0 saturated carbocycles. The fourth-order valence-electron chi connectivity index (χ4n) is 8.11. The molecule has 452 valence electrons. The van der Waals surface area contributed by atoms with Gasteiger partial charge >= 0.3 is 17.9 Å². The standard InChI is InChI=1S/C75H116O6/c1-4-7-10-13-16-19-22-24-26-28-30-31-32-33-34-35-36-37-38-39-40-41-42-43-45-46-48-50-53-56-59-62-65-68-74(77)80-71-72(70-79-73(76)67-64-61-58-55-52-21-18-15-12-9-6-3)81-75(78)69-66-63-60-57-54-51-49-47-44-29-27-25-23-20-17-14-11-8-5-2/h7-8,10-11,15-20,24-27,30-31,33-34,36-37,39-40,42-44,47,51,54,60,63,72H,4-6,9,12-14,21-23,28-29,32,35,38,41,45-46,48-50,52-53,55-59,61-62,64-71H2,1-3H3/b10-7-,11-8-,18-15-,19-16-,20-17-,26-24-,27-25-,31-30-,34-33-,37-36-,40-39-,43-42-,47-44-,54-51-,63-60-. The molecule has 0 aliphatic carbocycles. The van der Waals surface area contributed by atoms with E-state index in [4.69, 9.17) is 14.2 Å². The highest BCUT2D eigenvalue weighted by Crippen LogP contribution is 2.13. The average Bonchev–Trinajstić information content (AvgIpc) is 3.47. The number of hydrogen-bond donors (Lipinski definition) is 0. The van der Waals surface area contributed by atoms with Crippen molar-refractivity contribution < 1.29 is 28.6 Å². The van der Waals surface area contributed by atoms with E-state index in [1.165, 1.54) is 57.8 Å². The lowest BCUT2D eigenvalue weighted by molar-refractivity contribution is -0.166. The molecule has 6 nitrogen and oxygen atoms in total. The predicted octanol–water partition coefficient (Wildman–Crippen LogP) is 22.4. The third kappa shape index (κ3) is 65.2. The summed E-state index contributed by atoms with van der Waals surface area (Å²) in [7, 11) is 0. The molecule has 1 atom stereocenters. The number of unbranched alkanes of at least 4 members (excludes halogenated alkanes) is 15. The Bertz CT molecular complexity index is 1900. The van der Waals surface area contributed by atoms with Crippen molar-refractivity contribution in [3.05, 3.63) is 182 Å². The van der Waals surface area contributed by atoms with Gasteiger partial charge in [0.05, 0.1) is 0 Å². The number of ether oxygens (including phenoxy) is 3. The van der Waals surface area contributed by atoms with Crippen LogP contribution in [0.4, 0.5) is 0 Å². The van der Waals surface area contributed by atoms with Crippen LogP contribution in [0.2, 0.25) is 0 Å². The second-order valence-electron chi connectivity index (χ2n) is 20.5. The van der Waals surface area contributed by atoms with E-state index in [2.05, 4.69) is 191 Å². The van der Waals surface area contributed by atoms with Crippen LogP contribution in [0, 0.1) is 0 Å². The maximum absolute atomic E-state index is 12.8. The number of carbonyl (C=O) groups is 3. The van der Waals surface area contributed by atoms with Gasteiger partial charge in [-0.05, 0) is 141 Å². The molecule has 0 aromatic carbocycles. The molecule has 0 spiro atoms. The van der Waals surface area contributed by atoms with E-state index < -0.39 is 12.1 Å². The monoisotopic (exact) mass is 1110 g/mol. The van der Waals surface area contributed by atoms with Gasteiger partial charge in [0.2, 0.25) is 0 Å². The van der Waals surface area contributed by atoms with Crippen molar-refractivity contribution in [1.82, 2.24) is 0 Å². The highest BCUT2D eigenvalue weighted by atomic mass is 16.6. The van der Waals surface area contributed by atoms with Gasteiger partial charge in [-0.25, -0.2) is 0 Å². The van der Waals surface area contributed by atoms with Gasteiger partial charge in [0.15, 0.2) is 6.10 Å². The van der Waals surface area contributed by atoms with E-state index in [9.17, 15) is 14.4 Å². The van der Waals surface area contributed by atoms with Crippen LogP contribution < -0.4 is 0 Å². The molecule has 0 saturated heterocycles. The summed E-state index contributed by atoms with van der Waals surface area (Å²) in [6.45, 7) is 6.28. The van der Waals surface area contributed by atoms with Crippen molar-refractivity contribution in [1.29, 1.82) is 0 Å². The molecule has 0 N–H and O–H groups in total. The van der Waals surface area contributed by atoms with Gasteiger partial charge in [-0.1, -0.05) is 274 Å². The van der Waals surface area contributed by atoms with Crippen LogP contribution in [0.25, 0.3) is 0 Å². The molecule has 0 aromatic heterocycles. The molecule has 0 rings (SSSR count). The van der Waals surface area contributed by atoms with E-state index in [-0.39, 0.29) is 31.6 Å². The molecule has 0 aliphatic rings. The average molecular weight is 1110 g/mol. The lowest BCUT2D eigenvalue weighted by Crippen LogP contribution is -2.30. The number of esters is 3. The largest absolute Gasteiger partial charge is 0.462 e. The molecule has 0 radical (unpaired) electrons. The first-order valence-electron chi connectivity index (χ1n) is 32.3. The zero-order chi connectivity index (χ0) is 58.5. The van der Waals surface area contributed by atoms with E-state index in [0.29, 0.717) is 19.3 Å². The first kappa shape index (κ1) is 75.5. The Hall–Kier alpha value is -5.49. The zero-order valence-corrected chi connectivity index (χ0v) is 51.7. The molecule has 0 bridgehead atoms. The number of allylic oxidation sites excluding steroid dienone is 30. The second kappa shape index (κ2) is 67.0. The van der Waals surface area contributed by atoms with Crippen molar-refractivity contribution in [2.45, 2.75) is 258 Å².